The van der Waals surface area contributed by atoms with E-state index in [1.807, 2.05) is 19.9 Å². The molecule has 1 spiro atoms. The average Bonchev–Trinajstić information content (AvgIpc) is 2.78. The largest absolute Gasteiger partial charge is 0.487 e. The van der Waals surface area contributed by atoms with Gasteiger partial charge >= 0.3 is 0 Å². The highest BCUT2D eigenvalue weighted by Crippen LogP contribution is 2.49. The zero-order valence-electron chi connectivity index (χ0n) is 16.6. The first-order chi connectivity index (χ1) is 12.2. The molecular formula is C21H31N3O2. The number of hydrogen-bond donors (Lipinski definition) is 1. The Labute approximate surface area is 156 Å². The molecule has 0 aliphatic carbocycles. The van der Waals surface area contributed by atoms with Gasteiger partial charge in [-0.2, -0.15) is 0 Å². The maximum Gasteiger partial charge on any atom is 0.261 e. The molecule has 1 atom stereocenters. The third-order valence-electron chi connectivity index (χ3n) is 5.57. The van der Waals surface area contributed by atoms with Crippen LogP contribution >= 0.6 is 0 Å². The lowest BCUT2D eigenvalue weighted by Gasteiger charge is -2.41. The van der Waals surface area contributed by atoms with Gasteiger partial charge < -0.3 is 10.5 Å². The number of ether oxygens (including phenoxy) is 1. The number of hydrogen-bond acceptors (Lipinski definition) is 4. The monoisotopic (exact) mass is 357 g/mol. The second-order valence-electron chi connectivity index (χ2n) is 8.26. The third kappa shape index (κ3) is 2.97. The Kier molecular flexibility index (Phi) is 4.76. The van der Waals surface area contributed by atoms with Crippen LogP contribution < -0.4 is 10.5 Å². The van der Waals surface area contributed by atoms with Gasteiger partial charge in [-0.25, -0.2) is 4.99 Å². The van der Waals surface area contributed by atoms with E-state index in [2.05, 4.69) is 31.0 Å². The number of aliphatic imine (C=N–C) groups is 1. The van der Waals surface area contributed by atoms with E-state index in [1.54, 1.807) is 7.05 Å². The summed E-state index contributed by atoms with van der Waals surface area (Å²) in [7, 11) is 1.69. The normalized spacial score (nSPS) is 24.0. The number of fused-ring (bicyclic) bond motifs is 2. The van der Waals surface area contributed by atoms with Crippen LogP contribution in [0.25, 0.3) is 0 Å². The lowest BCUT2D eigenvalue weighted by Crippen LogP contribution is -2.49. The molecule has 26 heavy (non-hydrogen) atoms. The molecule has 0 saturated heterocycles. The smallest absolute Gasteiger partial charge is 0.261 e. The van der Waals surface area contributed by atoms with Crippen molar-refractivity contribution in [1.82, 2.24) is 4.90 Å². The Morgan fingerprint density at radius 2 is 1.92 bits per heavy atom. The van der Waals surface area contributed by atoms with Crippen LogP contribution in [0.15, 0.2) is 23.2 Å². The van der Waals surface area contributed by atoms with Crippen LogP contribution in [0.1, 0.15) is 76.8 Å². The van der Waals surface area contributed by atoms with Gasteiger partial charge in [0.05, 0.1) is 0 Å². The molecule has 2 aliphatic rings. The van der Waals surface area contributed by atoms with Crippen molar-refractivity contribution >= 4 is 11.9 Å². The first kappa shape index (κ1) is 18.7. The molecule has 142 valence electrons. The maximum atomic E-state index is 13.2. The molecule has 0 radical (unpaired) electrons. The van der Waals surface area contributed by atoms with Crippen LogP contribution in [0.2, 0.25) is 0 Å². The standard InChI is InChI=1S/C21H31N3O2/c1-6-8-14(9-7-2)15-10-11-17-16(12-15)21(13-20(3,4)26-17)18(25)24(5)19(22)23-21/h10-12,14H,6-9,13H2,1-5H3,(H2,22,23). The van der Waals surface area contributed by atoms with E-state index in [9.17, 15) is 4.79 Å². The number of likely N-dealkylation sites (N-methyl/N-ethyl adjacent to an activating group) is 1. The van der Waals surface area contributed by atoms with E-state index in [-0.39, 0.29) is 11.9 Å². The minimum atomic E-state index is -0.963. The molecule has 5 nitrogen and oxygen atoms in total. The van der Waals surface area contributed by atoms with Crippen LogP contribution in [0.4, 0.5) is 0 Å². The highest BCUT2D eigenvalue weighted by molar-refractivity contribution is 6.07. The second-order valence-corrected chi connectivity index (χ2v) is 8.26. The summed E-state index contributed by atoms with van der Waals surface area (Å²) in [5.41, 5.74) is 6.72. The fourth-order valence-electron chi connectivity index (χ4n) is 4.42. The number of guanidine groups is 1. The van der Waals surface area contributed by atoms with Crippen LogP contribution in [0.3, 0.4) is 0 Å². The van der Waals surface area contributed by atoms with Gasteiger partial charge in [0.25, 0.3) is 5.91 Å². The van der Waals surface area contributed by atoms with Gasteiger partial charge in [-0.05, 0) is 50.3 Å². The molecule has 2 heterocycles. The number of rotatable bonds is 5. The molecular weight excluding hydrogens is 326 g/mol. The van der Waals surface area contributed by atoms with Crippen LogP contribution in [0.5, 0.6) is 5.75 Å². The quantitative estimate of drug-likeness (QED) is 0.868. The van der Waals surface area contributed by atoms with Gasteiger partial charge in [-0.1, -0.05) is 32.8 Å². The van der Waals surface area contributed by atoms with E-state index in [1.165, 1.54) is 10.5 Å². The van der Waals surface area contributed by atoms with Crippen molar-refractivity contribution in [1.29, 1.82) is 0 Å². The molecule has 0 fully saturated rings. The number of carbonyl (C=O) groups is 1. The Morgan fingerprint density at radius 3 is 2.46 bits per heavy atom. The maximum absolute atomic E-state index is 13.2. The first-order valence-corrected chi connectivity index (χ1v) is 9.71. The lowest BCUT2D eigenvalue weighted by atomic mass is 9.76. The Hall–Kier alpha value is -2.04. The summed E-state index contributed by atoms with van der Waals surface area (Å²) >= 11 is 0. The van der Waals surface area contributed by atoms with E-state index in [0.29, 0.717) is 12.3 Å². The van der Waals surface area contributed by atoms with E-state index < -0.39 is 11.1 Å². The van der Waals surface area contributed by atoms with Crippen molar-refractivity contribution in [3.05, 3.63) is 29.3 Å². The molecule has 0 aromatic heterocycles. The number of amides is 1. The summed E-state index contributed by atoms with van der Waals surface area (Å²) in [5.74, 6) is 1.46. The van der Waals surface area contributed by atoms with Crippen molar-refractivity contribution in [2.24, 2.45) is 10.7 Å². The molecule has 2 aliphatic heterocycles. The minimum Gasteiger partial charge on any atom is -0.487 e. The van der Waals surface area contributed by atoms with Crippen molar-refractivity contribution in [3.8, 4) is 5.75 Å². The molecule has 0 bridgehead atoms. The summed E-state index contributed by atoms with van der Waals surface area (Å²) in [4.78, 5) is 19.3. The highest BCUT2D eigenvalue weighted by atomic mass is 16.5. The summed E-state index contributed by atoms with van der Waals surface area (Å²) in [5, 5.41) is 0. The Balaban J connectivity index is 2.14. The molecule has 3 rings (SSSR count). The summed E-state index contributed by atoms with van der Waals surface area (Å²) in [6.07, 6.45) is 5.06. The number of benzene rings is 1. The molecule has 2 N–H and O–H groups in total. The van der Waals surface area contributed by atoms with Crippen LogP contribution in [0, 0.1) is 0 Å². The van der Waals surface area contributed by atoms with Crippen molar-refractivity contribution in [2.45, 2.75) is 76.9 Å². The highest BCUT2D eigenvalue weighted by Gasteiger charge is 2.55. The van der Waals surface area contributed by atoms with Crippen molar-refractivity contribution in [2.75, 3.05) is 7.05 Å². The molecule has 1 amide bonds. The first-order valence-electron chi connectivity index (χ1n) is 9.71. The average molecular weight is 357 g/mol. The molecule has 5 heteroatoms. The predicted octanol–water partition coefficient (Wildman–Crippen LogP) is 3.91. The fraction of sp³-hybridized carbons (Fsp3) is 0.619. The fourth-order valence-corrected chi connectivity index (χ4v) is 4.42. The van der Waals surface area contributed by atoms with Gasteiger partial charge in [0.15, 0.2) is 11.5 Å². The topological polar surface area (TPSA) is 67.9 Å². The van der Waals surface area contributed by atoms with Crippen molar-refractivity contribution < 1.29 is 9.53 Å². The number of nitrogens with zero attached hydrogens (tertiary/aromatic N) is 2. The predicted molar refractivity (Wildman–Crippen MR) is 104 cm³/mol. The molecule has 0 saturated carbocycles. The Morgan fingerprint density at radius 1 is 1.27 bits per heavy atom. The van der Waals surface area contributed by atoms with Crippen LogP contribution in [-0.4, -0.2) is 29.4 Å². The van der Waals surface area contributed by atoms with Gasteiger partial charge in [-0.3, -0.25) is 9.69 Å². The van der Waals surface area contributed by atoms with Gasteiger partial charge in [0.1, 0.15) is 11.4 Å². The number of nitrogens with two attached hydrogens (primary N) is 1. The zero-order chi connectivity index (χ0) is 19.1. The summed E-state index contributed by atoms with van der Waals surface area (Å²) in [6.45, 7) is 8.43. The molecule has 1 aromatic rings. The lowest BCUT2D eigenvalue weighted by molar-refractivity contribution is -0.133. The summed E-state index contributed by atoms with van der Waals surface area (Å²) in [6, 6.07) is 6.32. The zero-order valence-corrected chi connectivity index (χ0v) is 16.6. The number of carbonyl (C=O) groups excluding carboxylic acids is 1. The second kappa shape index (κ2) is 6.60. The third-order valence-corrected chi connectivity index (χ3v) is 5.57. The van der Waals surface area contributed by atoms with Gasteiger partial charge in [0, 0.05) is 19.0 Å². The summed E-state index contributed by atoms with van der Waals surface area (Å²) < 4.78 is 6.20. The SMILES string of the molecule is CCCC(CCC)c1ccc2c(c1)C1(CC(C)(C)O2)N=C(N)N(C)C1=O. The van der Waals surface area contributed by atoms with Crippen LogP contribution in [-0.2, 0) is 10.3 Å². The molecule has 1 aromatic carbocycles. The van der Waals surface area contributed by atoms with E-state index in [0.717, 1.165) is 37.0 Å². The minimum absolute atomic E-state index is 0.0627. The Bertz CT molecular complexity index is 735. The van der Waals surface area contributed by atoms with Gasteiger partial charge in [0.2, 0.25) is 0 Å². The van der Waals surface area contributed by atoms with E-state index >= 15 is 0 Å². The van der Waals surface area contributed by atoms with Gasteiger partial charge in [-0.15, -0.1) is 0 Å². The van der Waals surface area contributed by atoms with E-state index in [4.69, 9.17) is 10.5 Å². The van der Waals surface area contributed by atoms with Crippen molar-refractivity contribution in [3.63, 3.8) is 0 Å². The molecule has 1 unspecified atom stereocenters.